The Morgan fingerprint density at radius 3 is 2.46 bits per heavy atom. The Bertz CT molecular complexity index is 639. The minimum absolute atomic E-state index is 0.168. The molecule has 0 heterocycles. The number of carbonyl (C=O) groups excluding carboxylic acids is 1. The molecule has 0 aliphatic rings. The van der Waals surface area contributed by atoms with Crippen LogP contribution in [0.15, 0.2) is 54.6 Å². The quantitative estimate of drug-likeness (QED) is 0.743. The second kappa shape index (κ2) is 9.24. The number of benzene rings is 2. The van der Waals surface area contributed by atoms with Crippen LogP contribution >= 0.6 is 0 Å². The van der Waals surface area contributed by atoms with Crippen LogP contribution in [0, 0.1) is 0 Å². The summed E-state index contributed by atoms with van der Waals surface area (Å²) in [6.45, 7) is 6.63. The molecule has 2 rings (SSSR count). The van der Waals surface area contributed by atoms with Gasteiger partial charge in [-0.2, -0.15) is 0 Å². The standard InChI is InChI=1S/C21H27NO2/c1-4-24-21(23)15-19-10-8-9-18(14-19)13-16(2)22-17(3)20-11-6-5-7-12-20/h5-12,14,16-17,22H,4,13,15H2,1-3H3/t16-,17-/m1/s1. The highest BCUT2D eigenvalue weighted by Gasteiger charge is 2.11. The first-order valence-corrected chi connectivity index (χ1v) is 8.63. The van der Waals surface area contributed by atoms with Crippen LogP contribution in [0.3, 0.4) is 0 Å². The van der Waals surface area contributed by atoms with E-state index in [1.54, 1.807) is 0 Å². The van der Waals surface area contributed by atoms with E-state index in [9.17, 15) is 4.79 Å². The zero-order chi connectivity index (χ0) is 17.4. The maximum atomic E-state index is 11.6. The molecule has 2 aromatic rings. The van der Waals surface area contributed by atoms with Crippen LogP contribution in [0.4, 0.5) is 0 Å². The molecule has 0 amide bonds. The van der Waals surface area contributed by atoms with Crippen LogP contribution in [0.5, 0.6) is 0 Å². The van der Waals surface area contributed by atoms with Gasteiger partial charge < -0.3 is 10.1 Å². The van der Waals surface area contributed by atoms with Crippen LogP contribution in [0.1, 0.15) is 43.5 Å². The van der Waals surface area contributed by atoms with Gasteiger partial charge in [0.1, 0.15) is 0 Å². The van der Waals surface area contributed by atoms with Gasteiger partial charge in [-0.25, -0.2) is 0 Å². The average Bonchev–Trinajstić information content (AvgIpc) is 2.56. The first kappa shape index (κ1) is 18.2. The Labute approximate surface area is 145 Å². The van der Waals surface area contributed by atoms with Crippen molar-refractivity contribution in [1.82, 2.24) is 5.32 Å². The van der Waals surface area contributed by atoms with Gasteiger partial charge in [0.15, 0.2) is 0 Å². The number of esters is 1. The zero-order valence-electron chi connectivity index (χ0n) is 14.8. The lowest BCUT2D eigenvalue weighted by Gasteiger charge is -2.20. The molecule has 0 spiro atoms. The van der Waals surface area contributed by atoms with E-state index in [4.69, 9.17) is 4.74 Å². The van der Waals surface area contributed by atoms with Crippen molar-refractivity contribution in [3.05, 3.63) is 71.3 Å². The molecule has 128 valence electrons. The fourth-order valence-electron chi connectivity index (χ4n) is 2.92. The summed E-state index contributed by atoms with van der Waals surface area (Å²) in [6, 6.07) is 19.3. The Kier molecular flexibility index (Phi) is 7.01. The molecule has 0 fully saturated rings. The lowest BCUT2D eigenvalue weighted by Crippen LogP contribution is -2.30. The summed E-state index contributed by atoms with van der Waals surface area (Å²) in [5.74, 6) is -0.168. The van der Waals surface area contributed by atoms with E-state index in [0.29, 0.717) is 25.1 Å². The van der Waals surface area contributed by atoms with E-state index in [1.165, 1.54) is 11.1 Å². The lowest BCUT2D eigenvalue weighted by atomic mass is 10.0. The van der Waals surface area contributed by atoms with Gasteiger partial charge in [0, 0.05) is 12.1 Å². The predicted molar refractivity (Wildman–Crippen MR) is 97.9 cm³/mol. The van der Waals surface area contributed by atoms with E-state index in [1.807, 2.05) is 25.1 Å². The molecule has 0 saturated heterocycles. The molecule has 0 aliphatic carbocycles. The summed E-state index contributed by atoms with van der Waals surface area (Å²) in [7, 11) is 0. The summed E-state index contributed by atoms with van der Waals surface area (Å²) < 4.78 is 5.02. The molecular weight excluding hydrogens is 298 g/mol. The normalized spacial score (nSPS) is 13.3. The Hall–Kier alpha value is -2.13. The van der Waals surface area contributed by atoms with Gasteiger partial charge in [0.25, 0.3) is 0 Å². The molecule has 3 heteroatoms. The minimum Gasteiger partial charge on any atom is -0.466 e. The summed E-state index contributed by atoms with van der Waals surface area (Å²) in [6.07, 6.45) is 1.26. The van der Waals surface area contributed by atoms with Crippen molar-refractivity contribution < 1.29 is 9.53 Å². The van der Waals surface area contributed by atoms with Crippen molar-refractivity contribution in [2.24, 2.45) is 0 Å². The third-order valence-corrected chi connectivity index (χ3v) is 4.02. The van der Waals surface area contributed by atoms with Gasteiger partial charge in [0.2, 0.25) is 0 Å². The second-order valence-corrected chi connectivity index (χ2v) is 6.21. The molecule has 2 aromatic carbocycles. The maximum absolute atomic E-state index is 11.6. The fraction of sp³-hybridized carbons (Fsp3) is 0.381. The zero-order valence-corrected chi connectivity index (χ0v) is 14.8. The number of hydrogen-bond donors (Lipinski definition) is 1. The number of carbonyl (C=O) groups is 1. The van der Waals surface area contributed by atoms with Crippen molar-refractivity contribution >= 4 is 5.97 Å². The summed E-state index contributed by atoms with van der Waals surface area (Å²) >= 11 is 0. The minimum atomic E-state index is -0.168. The number of ether oxygens (including phenoxy) is 1. The van der Waals surface area contributed by atoms with Crippen LogP contribution < -0.4 is 5.32 Å². The number of hydrogen-bond acceptors (Lipinski definition) is 3. The van der Waals surface area contributed by atoms with Crippen molar-refractivity contribution in [2.75, 3.05) is 6.61 Å². The van der Waals surface area contributed by atoms with E-state index < -0.39 is 0 Å². The summed E-state index contributed by atoms with van der Waals surface area (Å²) in [4.78, 5) is 11.6. The summed E-state index contributed by atoms with van der Waals surface area (Å²) in [5.41, 5.74) is 3.53. The van der Waals surface area contributed by atoms with Crippen LogP contribution in [0.25, 0.3) is 0 Å². The van der Waals surface area contributed by atoms with Gasteiger partial charge >= 0.3 is 5.97 Å². The van der Waals surface area contributed by atoms with Gasteiger partial charge in [-0.3, -0.25) is 4.79 Å². The molecule has 1 N–H and O–H groups in total. The highest BCUT2D eigenvalue weighted by molar-refractivity contribution is 5.72. The number of rotatable bonds is 8. The Balaban J connectivity index is 1.91. The molecule has 0 aromatic heterocycles. The third-order valence-electron chi connectivity index (χ3n) is 4.02. The van der Waals surface area contributed by atoms with Crippen molar-refractivity contribution in [3.8, 4) is 0 Å². The molecule has 0 bridgehead atoms. The van der Waals surface area contributed by atoms with Gasteiger partial charge in [-0.15, -0.1) is 0 Å². The van der Waals surface area contributed by atoms with Crippen molar-refractivity contribution in [2.45, 2.75) is 45.7 Å². The van der Waals surface area contributed by atoms with Gasteiger partial charge in [-0.05, 0) is 43.9 Å². The Morgan fingerprint density at radius 2 is 1.75 bits per heavy atom. The topological polar surface area (TPSA) is 38.3 Å². The molecule has 0 unspecified atom stereocenters. The van der Waals surface area contributed by atoms with E-state index in [2.05, 4.69) is 55.6 Å². The van der Waals surface area contributed by atoms with Gasteiger partial charge in [0.05, 0.1) is 13.0 Å². The molecule has 24 heavy (non-hydrogen) atoms. The maximum Gasteiger partial charge on any atom is 0.310 e. The highest BCUT2D eigenvalue weighted by atomic mass is 16.5. The first-order chi connectivity index (χ1) is 11.6. The third kappa shape index (κ3) is 5.82. The molecule has 3 nitrogen and oxygen atoms in total. The average molecular weight is 325 g/mol. The van der Waals surface area contributed by atoms with E-state index in [-0.39, 0.29) is 5.97 Å². The van der Waals surface area contributed by atoms with Crippen LogP contribution in [-0.4, -0.2) is 18.6 Å². The van der Waals surface area contributed by atoms with Crippen molar-refractivity contribution in [3.63, 3.8) is 0 Å². The SMILES string of the molecule is CCOC(=O)Cc1cccc(C[C@@H](C)N[C@H](C)c2ccccc2)c1. The van der Waals surface area contributed by atoms with Crippen molar-refractivity contribution in [1.29, 1.82) is 0 Å². The van der Waals surface area contributed by atoms with Gasteiger partial charge in [-0.1, -0.05) is 54.6 Å². The highest BCUT2D eigenvalue weighted by Crippen LogP contribution is 2.14. The molecule has 0 radical (unpaired) electrons. The largest absolute Gasteiger partial charge is 0.466 e. The van der Waals surface area contributed by atoms with E-state index >= 15 is 0 Å². The molecule has 2 atom stereocenters. The van der Waals surface area contributed by atoms with Crippen LogP contribution in [-0.2, 0) is 22.4 Å². The smallest absolute Gasteiger partial charge is 0.310 e. The predicted octanol–water partition coefficient (Wildman–Crippen LogP) is 4.07. The molecular formula is C21H27NO2. The molecule has 0 saturated carbocycles. The number of nitrogens with one attached hydrogen (secondary N) is 1. The van der Waals surface area contributed by atoms with Crippen LogP contribution in [0.2, 0.25) is 0 Å². The monoisotopic (exact) mass is 325 g/mol. The Morgan fingerprint density at radius 1 is 1.04 bits per heavy atom. The summed E-state index contributed by atoms with van der Waals surface area (Å²) in [5, 5.41) is 3.63. The molecule has 0 aliphatic heterocycles. The first-order valence-electron chi connectivity index (χ1n) is 8.63. The fourth-order valence-corrected chi connectivity index (χ4v) is 2.92. The van der Waals surface area contributed by atoms with E-state index in [0.717, 1.165) is 12.0 Å². The second-order valence-electron chi connectivity index (χ2n) is 6.21. The lowest BCUT2D eigenvalue weighted by molar-refractivity contribution is -0.142.